The van der Waals surface area contributed by atoms with Crippen LogP contribution in [0.3, 0.4) is 0 Å². The molecule has 0 aliphatic carbocycles. The summed E-state index contributed by atoms with van der Waals surface area (Å²) in [5, 5.41) is 4.73. The average molecular weight is 538 g/mol. The monoisotopic (exact) mass is 537 g/mol. The highest BCUT2D eigenvalue weighted by molar-refractivity contribution is 7.92. The Bertz CT molecular complexity index is 1520. The van der Waals surface area contributed by atoms with E-state index in [9.17, 15) is 8.42 Å². The van der Waals surface area contributed by atoms with Gasteiger partial charge in [0.2, 0.25) is 10.0 Å². The zero-order valence-electron chi connectivity index (χ0n) is 19.6. The summed E-state index contributed by atoms with van der Waals surface area (Å²) in [7, 11) is -3.38. The van der Waals surface area contributed by atoms with Crippen LogP contribution in [-0.4, -0.2) is 29.3 Å². The molecular weight excluding hydrogens is 514 g/mol. The van der Waals surface area contributed by atoms with Crippen molar-refractivity contribution >= 4 is 50.3 Å². The van der Waals surface area contributed by atoms with Crippen molar-refractivity contribution in [2.24, 2.45) is 0 Å². The van der Waals surface area contributed by atoms with Gasteiger partial charge in [0.05, 0.1) is 18.0 Å². The lowest BCUT2D eigenvalue weighted by Crippen LogP contribution is -2.30. The molecular formula is C26H24ClN5O2S2. The zero-order valence-corrected chi connectivity index (χ0v) is 22.0. The van der Waals surface area contributed by atoms with E-state index in [1.54, 1.807) is 18.3 Å². The number of hydrogen-bond acceptors (Lipinski definition) is 4. The molecule has 0 unspecified atom stereocenters. The Morgan fingerprint density at radius 3 is 2.44 bits per heavy atom. The highest BCUT2D eigenvalue weighted by atomic mass is 35.5. The standard InChI is InChI=1S/C26H24ClN5O2S2/c1-17-16-20(12-13-21(17)27)31-15-5-7-23(31)25-24(22-6-3-4-14-28-22)29-26(35)32(25)19-10-8-18(9-11-19)30-36(2,33)34/h3-16,24-25,30H,1-2H3,(H,29,35)/t24-,25+/m1/s1. The number of rotatable bonds is 6. The van der Waals surface area contributed by atoms with E-state index in [1.807, 2.05) is 66.6 Å². The van der Waals surface area contributed by atoms with Gasteiger partial charge < -0.3 is 14.8 Å². The molecule has 3 heterocycles. The first-order chi connectivity index (χ1) is 17.2. The van der Waals surface area contributed by atoms with Crippen LogP contribution in [0.4, 0.5) is 11.4 Å². The van der Waals surface area contributed by atoms with Crippen molar-refractivity contribution in [3.8, 4) is 5.69 Å². The van der Waals surface area contributed by atoms with Gasteiger partial charge in [0.1, 0.15) is 6.04 Å². The van der Waals surface area contributed by atoms with E-state index in [4.69, 9.17) is 23.8 Å². The van der Waals surface area contributed by atoms with Crippen LogP contribution in [0.25, 0.3) is 5.69 Å². The van der Waals surface area contributed by atoms with Crippen molar-refractivity contribution in [3.63, 3.8) is 0 Å². The predicted molar refractivity (Wildman–Crippen MR) is 148 cm³/mol. The first-order valence-corrected chi connectivity index (χ1v) is 13.9. The van der Waals surface area contributed by atoms with E-state index >= 15 is 0 Å². The van der Waals surface area contributed by atoms with E-state index in [0.717, 1.165) is 34.6 Å². The molecule has 1 aliphatic heterocycles. The maximum absolute atomic E-state index is 11.6. The minimum absolute atomic E-state index is 0.213. The van der Waals surface area contributed by atoms with Gasteiger partial charge in [-0.2, -0.15) is 0 Å². The molecule has 0 saturated carbocycles. The summed E-state index contributed by atoms with van der Waals surface area (Å²) >= 11 is 12.1. The molecule has 5 rings (SSSR count). The number of nitrogens with zero attached hydrogens (tertiary/aromatic N) is 3. The Kier molecular flexibility index (Phi) is 6.46. The summed E-state index contributed by atoms with van der Waals surface area (Å²) in [6.07, 6.45) is 4.92. The quantitative estimate of drug-likeness (QED) is 0.321. The molecule has 4 aromatic rings. The fourth-order valence-electron chi connectivity index (χ4n) is 4.49. The van der Waals surface area contributed by atoms with Crippen LogP contribution in [0, 0.1) is 6.92 Å². The molecule has 1 aliphatic rings. The van der Waals surface area contributed by atoms with Gasteiger partial charge in [0.25, 0.3) is 0 Å². The van der Waals surface area contributed by atoms with Crippen molar-refractivity contribution in [2.75, 3.05) is 15.9 Å². The molecule has 2 aromatic heterocycles. The van der Waals surface area contributed by atoms with Gasteiger partial charge in [-0.1, -0.05) is 17.7 Å². The summed E-state index contributed by atoms with van der Waals surface area (Å²) in [5.41, 5.74) is 5.16. The molecule has 0 spiro atoms. The number of pyridine rings is 1. The Morgan fingerprint density at radius 2 is 1.78 bits per heavy atom. The summed E-state index contributed by atoms with van der Waals surface area (Å²) < 4.78 is 27.9. The van der Waals surface area contributed by atoms with Crippen molar-refractivity contribution in [2.45, 2.75) is 19.0 Å². The normalized spacial score (nSPS) is 17.8. The number of anilines is 2. The molecule has 2 atom stereocenters. The Morgan fingerprint density at radius 1 is 1.03 bits per heavy atom. The zero-order chi connectivity index (χ0) is 25.4. The first kappa shape index (κ1) is 24.3. The second-order valence-electron chi connectivity index (χ2n) is 8.65. The summed E-state index contributed by atoms with van der Waals surface area (Å²) in [6, 6.07) is 22.6. The van der Waals surface area contributed by atoms with Gasteiger partial charge in [-0.15, -0.1) is 0 Å². The van der Waals surface area contributed by atoms with Gasteiger partial charge >= 0.3 is 0 Å². The molecule has 184 valence electrons. The third-order valence-electron chi connectivity index (χ3n) is 6.05. The number of sulfonamides is 1. The fraction of sp³-hybridized carbons (Fsp3) is 0.154. The Balaban J connectivity index is 1.61. The number of nitrogens with one attached hydrogen (secondary N) is 2. The number of thiocarbonyl (C=S) groups is 1. The first-order valence-electron chi connectivity index (χ1n) is 11.2. The van der Waals surface area contributed by atoms with Crippen LogP contribution in [-0.2, 0) is 10.0 Å². The van der Waals surface area contributed by atoms with Crippen molar-refractivity contribution in [1.29, 1.82) is 0 Å². The maximum atomic E-state index is 11.6. The third kappa shape index (κ3) is 4.82. The average Bonchev–Trinajstić information content (AvgIpc) is 3.45. The third-order valence-corrected chi connectivity index (χ3v) is 7.39. The number of aryl methyl sites for hydroxylation is 1. The molecule has 2 N–H and O–H groups in total. The largest absolute Gasteiger partial charge is 0.351 e. The van der Waals surface area contributed by atoms with Crippen molar-refractivity contribution in [1.82, 2.24) is 14.9 Å². The van der Waals surface area contributed by atoms with Crippen LogP contribution >= 0.6 is 23.8 Å². The molecule has 36 heavy (non-hydrogen) atoms. The Labute approximate surface area is 220 Å². The predicted octanol–water partition coefficient (Wildman–Crippen LogP) is 5.38. The smallest absolute Gasteiger partial charge is 0.229 e. The van der Waals surface area contributed by atoms with E-state index in [2.05, 4.69) is 31.7 Å². The highest BCUT2D eigenvalue weighted by Crippen LogP contribution is 2.42. The Hall–Kier alpha value is -3.40. The topological polar surface area (TPSA) is 79.3 Å². The molecule has 0 radical (unpaired) electrons. The molecule has 0 bridgehead atoms. The van der Waals surface area contributed by atoms with E-state index in [1.165, 1.54) is 0 Å². The highest BCUT2D eigenvalue weighted by Gasteiger charge is 2.42. The molecule has 0 amide bonds. The fourth-order valence-corrected chi connectivity index (χ4v) is 5.51. The lowest BCUT2D eigenvalue weighted by Gasteiger charge is -2.29. The van der Waals surface area contributed by atoms with Crippen LogP contribution in [0.2, 0.25) is 5.02 Å². The minimum Gasteiger partial charge on any atom is -0.351 e. The second-order valence-corrected chi connectivity index (χ2v) is 11.2. The van der Waals surface area contributed by atoms with Crippen LogP contribution in [0.15, 0.2) is 85.2 Å². The van der Waals surface area contributed by atoms with Gasteiger partial charge in [0.15, 0.2) is 5.11 Å². The summed E-state index contributed by atoms with van der Waals surface area (Å²) in [4.78, 5) is 6.66. The number of benzene rings is 2. The number of halogens is 1. The van der Waals surface area contributed by atoms with Gasteiger partial charge in [-0.3, -0.25) is 9.71 Å². The van der Waals surface area contributed by atoms with E-state index < -0.39 is 10.0 Å². The van der Waals surface area contributed by atoms with Crippen LogP contribution < -0.4 is 14.9 Å². The molecule has 2 aromatic carbocycles. The SMILES string of the molecule is Cc1cc(-n2cccc2[C@H]2[C@@H](c3ccccn3)NC(=S)N2c2ccc(NS(C)(=O)=O)cc2)ccc1Cl. The second kappa shape index (κ2) is 9.57. The number of aromatic nitrogens is 2. The van der Waals surface area contributed by atoms with Crippen molar-refractivity contribution < 1.29 is 8.42 Å². The number of hydrogen-bond donors (Lipinski definition) is 2. The lowest BCUT2D eigenvalue weighted by molar-refractivity contribution is 0.549. The van der Waals surface area contributed by atoms with Gasteiger partial charge in [-0.25, -0.2) is 8.42 Å². The molecule has 10 heteroatoms. The van der Waals surface area contributed by atoms with Crippen LogP contribution in [0.5, 0.6) is 0 Å². The molecule has 1 fully saturated rings. The van der Waals surface area contributed by atoms with Gasteiger partial charge in [-0.05, 0) is 91.4 Å². The molecule has 7 nitrogen and oxygen atoms in total. The van der Waals surface area contributed by atoms with E-state index in [0.29, 0.717) is 15.8 Å². The summed E-state index contributed by atoms with van der Waals surface area (Å²) in [6.45, 7) is 1.98. The lowest BCUT2D eigenvalue weighted by atomic mass is 10.0. The van der Waals surface area contributed by atoms with E-state index in [-0.39, 0.29) is 12.1 Å². The van der Waals surface area contributed by atoms with Gasteiger partial charge in [0, 0.05) is 40.2 Å². The van der Waals surface area contributed by atoms with Crippen molar-refractivity contribution in [3.05, 3.63) is 107 Å². The minimum atomic E-state index is -3.38. The van der Waals surface area contributed by atoms with Crippen LogP contribution in [0.1, 0.15) is 29.0 Å². The maximum Gasteiger partial charge on any atom is 0.229 e. The summed E-state index contributed by atoms with van der Waals surface area (Å²) in [5.74, 6) is 0. The molecule has 1 saturated heterocycles.